The highest BCUT2D eigenvalue weighted by atomic mass is 16.5. The van der Waals surface area contributed by atoms with Crippen LogP contribution in [-0.4, -0.2) is 24.6 Å². The maximum Gasteiger partial charge on any atom is 0.306 e. The highest BCUT2D eigenvalue weighted by Crippen LogP contribution is 2.13. The van der Waals surface area contributed by atoms with Crippen molar-refractivity contribution in [3.05, 3.63) is 0 Å². The van der Waals surface area contributed by atoms with Crippen LogP contribution in [0, 0.1) is 0 Å². The van der Waals surface area contributed by atoms with Crippen LogP contribution < -0.4 is 0 Å². The molecule has 0 fully saturated rings. The van der Waals surface area contributed by atoms with Crippen LogP contribution in [0.1, 0.15) is 189 Å². The van der Waals surface area contributed by atoms with Gasteiger partial charge in [0.2, 0.25) is 0 Å². The van der Waals surface area contributed by atoms with Gasteiger partial charge in [0.15, 0.2) is 0 Å². The van der Waals surface area contributed by atoms with Crippen molar-refractivity contribution in [2.75, 3.05) is 6.61 Å². The van der Waals surface area contributed by atoms with E-state index in [0.717, 1.165) is 25.7 Å². The van der Waals surface area contributed by atoms with Gasteiger partial charge in [0.1, 0.15) is 0 Å². The molecule has 0 aliphatic rings. The van der Waals surface area contributed by atoms with E-state index in [2.05, 4.69) is 20.8 Å². The molecule has 4 nitrogen and oxygen atoms in total. The van der Waals surface area contributed by atoms with Crippen LogP contribution in [0.4, 0.5) is 0 Å². The Labute approximate surface area is 232 Å². The Balaban J connectivity index is 0. The summed E-state index contributed by atoms with van der Waals surface area (Å²) in [7, 11) is 0. The van der Waals surface area contributed by atoms with Gasteiger partial charge in [-0.1, -0.05) is 143 Å². The molecule has 0 radical (unpaired) electrons. The lowest BCUT2D eigenvalue weighted by Crippen LogP contribution is -2.10. The van der Waals surface area contributed by atoms with Crippen LogP contribution in [0.15, 0.2) is 0 Å². The maximum atomic E-state index is 11.3. The van der Waals surface area contributed by atoms with Crippen LogP contribution in [0.2, 0.25) is 0 Å². The molecule has 0 aromatic carbocycles. The van der Waals surface area contributed by atoms with Gasteiger partial charge in [-0.3, -0.25) is 9.59 Å². The Hall–Kier alpha value is -1.06. The molecule has 0 spiro atoms. The zero-order valence-electron chi connectivity index (χ0n) is 25.9. The van der Waals surface area contributed by atoms with E-state index in [0.29, 0.717) is 19.4 Å². The van der Waals surface area contributed by atoms with Crippen LogP contribution in [0.5, 0.6) is 0 Å². The molecule has 0 aromatic rings. The summed E-state index contributed by atoms with van der Waals surface area (Å²) in [4.78, 5) is 22.6. The van der Waals surface area contributed by atoms with Crippen molar-refractivity contribution in [2.24, 2.45) is 0 Å². The Morgan fingerprint density at radius 2 is 0.784 bits per heavy atom. The summed E-state index contributed by atoms with van der Waals surface area (Å²) in [6.45, 7) is 11.0. The summed E-state index contributed by atoms with van der Waals surface area (Å²) < 4.78 is 10.2. The van der Waals surface area contributed by atoms with Gasteiger partial charge in [-0.05, 0) is 33.1 Å². The number of carbonyl (C=O) groups excluding carboxylic acids is 2. The minimum absolute atomic E-state index is 0.00797. The summed E-state index contributed by atoms with van der Waals surface area (Å²) >= 11 is 0. The number of rotatable bonds is 26. The molecule has 0 atom stereocenters. The van der Waals surface area contributed by atoms with Crippen molar-refractivity contribution in [2.45, 2.75) is 195 Å². The third-order valence-electron chi connectivity index (χ3n) is 6.60. The van der Waals surface area contributed by atoms with Crippen LogP contribution in [0.25, 0.3) is 0 Å². The Bertz CT molecular complexity index is 461. The minimum Gasteiger partial charge on any atom is -0.466 e. The quantitative estimate of drug-likeness (QED) is 0.0830. The first kappa shape index (κ1) is 38.1. The average molecular weight is 527 g/mol. The average Bonchev–Trinajstić information content (AvgIpc) is 2.86. The number of ether oxygens (including phenoxy) is 2. The zero-order valence-corrected chi connectivity index (χ0v) is 25.9. The predicted molar refractivity (Wildman–Crippen MR) is 160 cm³/mol. The second kappa shape index (κ2) is 33.0. The van der Waals surface area contributed by atoms with E-state index in [4.69, 9.17) is 9.47 Å². The summed E-state index contributed by atoms with van der Waals surface area (Å²) in [6, 6.07) is 0. The number of hydrogen-bond donors (Lipinski definition) is 0. The van der Waals surface area contributed by atoms with E-state index < -0.39 is 0 Å². The van der Waals surface area contributed by atoms with Crippen LogP contribution in [-0.2, 0) is 19.1 Å². The summed E-state index contributed by atoms with van der Waals surface area (Å²) in [5.74, 6) is -0.0441. The van der Waals surface area contributed by atoms with E-state index in [1.54, 1.807) is 0 Å². The largest absolute Gasteiger partial charge is 0.466 e. The van der Waals surface area contributed by atoms with Gasteiger partial charge in [0.05, 0.1) is 12.7 Å². The van der Waals surface area contributed by atoms with E-state index >= 15 is 0 Å². The van der Waals surface area contributed by atoms with Gasteiger partial charge in [0, 0.05) is 12.8 Å². The fourth-order valence-corrected chi connectivity index (χ4v) is 4.24. The molecule has 0 rings (SSSR count). The van der Waals surface area contributed by atoms with Crippen LogP contribution in [0.3, 0.4) is 0 Å². The van der Waals surface area contributed by atoms with Crippen LogP contribution >= 0.6 is 0 Å². The third kappa shape index (κ3) is 37.2. The van der Waals surface area contributed by atoms with Gasteiger partial charge in [0.25, 0.3) is 0 Å². The molecular weight excluding hydrogens is 460 g/mol. The van der Waals surface area contributed by atoms with Crippen molar-refractivity contribution in [1.82, 2.24) is 0 Å². The molecule has 37 heavy (non-hydrogen) atoms. The highest BCUT2D eigenvalue weighted by molar-refractivity contribution is 5.69. The molecule has 0 N–H and O–H groups in total. The molecule has 0 saturated carbocycles. The predicted octanol–water partition coefficient (Wildman–Crippen LogP) is 10.9. The van der Waals surface area contributed by atoms with Gasteiger partial charge >= 0.3 is 11.9 Å². The Kier molecular flexibility index (Phi) is 33.9. The van der Waals surface area contributed by atoms with E-state index in [1.807, 2.05) is 13.8 Å². The first-order chi connectivity index (χ1) is 18.0. The summed E-state index contributed by atoms with van der Waals surface area (Å²) in [5.41, 5.74) is 0. The van der Waals surface area contributed by atoms with Gasteiger partial charge < -0.3 is 9.47 Å². The van der Waals surface area contributed by atoms with Crippen molar-refractivity contribution < 1.29 is 19.1 Å². The summed E-state index contributed by atoms with van der Waals surface area (Å²) in [5, 5.41) is 0. The van der Waals surface area contributed by atoms with Gasteiger partial charge in [-0.15, -0.1) is 0 Å². The monoisotopic (exact) mass is 526 g/mol. The molecule has 0 aliphatic heterocycles. The third-order valence-corrected chi connectivity index (χ3v) is 6.60. The molecule has 0 amide bonds. The minimum atomic E-state index is -0.0362. The molecule has 0 aromatic heterocycles. The molecule has 0 unspecified atom stereocenters. The molecular formula is C33H66O4. The molecule has 0 aliphatic carbocycles. The molecule has 0 saturated heterocycles. The van der Waals surface area contributed by atoms with E-state index in [1.165, 1.54) is 116 Å². The molecule has 4 heteroatoms. The number of unbranched alkanes of at least 4 members (excludes halogenated alkanes) is 19. The number of hydrogen-bond acceptors (Lipinski definition) is 4. The first-order valence-corrected chi connectivity index (χ1v) is 16.3. The molecule has 0 bridgehead atoms. The second-order valence-corrected chi connectivity index (χ2v) is 11.0. The number of esters is 2. The SMILES string of the molecule is CCCCCCCCCCCC(=O)OCCCC.CCCCCCCCCCCCCC(=O)OC(C)C. The Morgan fingerprint density at radius 3 is 1.14 bits per heavy atom. The van der Waals surface area contributed by atoms with E-state index in [9.17, 15) is 9.59 Å². The van der Waals surface area contributed by atoms with Crippen molar-refractivity contribution in [3.8, 4) is 0 Å². The normalized spacial score (nSPS) is 10.8. The Morgan fingerprint density at radius 1 is 0.459 bits per heavy atom. The van der Waals surface area contributed by atoms with Gasteiger partial charge in [-0.25, -0.2) is 0 Å². The standard InChI is InChI=1S/C17H34O2.C16H32O2/c1-4-5-6-7-8-9-10-11-12-13-14-15-17(18)19-16(2)3;1-3-5-7-8-9-10-11-12-13-14-16(17)18-15-6-4-2/h16H,4-15H2,1-3H3;3-15H2,1-2H3. The number of carbonyl (C=O) groups is 2. The highest BCUT2D eigenvalue weighted by Gasteiger charge is 2.04. The second-order valence-electron chi connectivity index (χ2n) is 11.0. The molecule has 0 heterocycles. The van der Waals surface area contributed by atoms with Crippen molar-refractivity contribution in [3.63, 3.8) is 0 Å². The van der Waals surface area contributed by atoms with E-state index in [-0.39, 0.29) is 18.0 Å². The fourth-order valence-electron chi connectivity index (χ4n) is 4.24. The van der Waals surface area contributed by atoms with Crippen molar-refractivity contribution >= 4 is 11.9 Å². The molecule has 222 valence electrons. The smallest absolute Gasteiger partial charge is 0.306 e. The first-order valence-electron chi connectivity index (χ1n) is 16.3. The lowest BCUT2D eigenvalue weighted by molar-refractivity contribution is -0.147. The zero-order chi connectivity index (χ0) is 27.8. The van der Waals surface area contributed by atoms with Crippen molar-refractivity contribution in [1.29, 1.82) is 0 Å². The van der Waals surface area contributed by atoms with Gasteiger partial charge in [-0.2, -0.15) is 0 Å². The lowest BCUT2D eigenvalue weighted by atomic mass is 10.1. The topological polar surface area (TPSA) is 52.6 Å². The maximum absolute atomic E-state index is 11.3. The fraction of sp³-hybridized carbons (Fsp3) is 0.939. The summed E-state index contributed by atoms with van der Waals surface area (Å²) in [6.07, 6.45) is 29.4. The lowest BCUT2D eigenvalue weighted by Gasteiger charge is -2.07.